The van der Waals surface area contributed by atoms with Gasteiger partial charge in [-0.15, -0.1) is 0 Å². The van der Waals surface area contributed by atoms with Crippen molar-refractivity contribution in [1.82, 2.24) is 0 Å². The van der Waals surface area contributed by atoms with Crippen LogP contribution in [0.15, 0.2) is 66.3 Å². The van der Waals surface area contributed by atoms with Crippen molar-refractivity contribution in [3.8, 4) is 11.1 Å². The third-order valence-corrected chi connectivity index (χ3v) is 24.1. The van der Waals surface area contributed by atoms with Gasteiger partial charge in [-0.1, -0.05) is 0 Å². The monoisotopic (exact) mass is 530 g/mol. The molecule has 2 aromatic carbocycles. The van der Waals surface area contributed by atoms with Crippen LogP contribution in [0.5, 0.6) is 0 Å². The van der Waals surface area contributed by atoms with E-state index < -0.39 is 20.3 Å². The standard InChI is InChI=1S/C26H29.C4H9.C3H6.Zr/c1-6-26(5,18-11-7-8-12-18)24-21-14-10-9-13-20(21)23-17-19(25(2,3)4)15-16-22(23)24;1-3-4-2;1-3-2;/h7-11,13-17,24H,5-6,12H2,1-4H3;1,3-4H2,2H3;3H,1H2,2H3;. The van der Waals surface area contributed by atoms with Crippen molar-refractivity contribution in [2.45, 2.75) is 94.6 Å². The fraction of sp³-hybridized carbons (Fsp3) is 0.515. The van der Waals surface area contributed by atoms with Crippen LogP contribution in [-0.4, -0.2) is 0 Å². The van der Waals surface area contributed by atoms with Crippen LogP contribution in [0.3, 0.4) is 0 Å². The Labute approximate surface area is 213 Å². The molecule has 180 valence electrons. The van der Waals surface area contributed by atoms with E-state index in [1.807, 2.05) is 0 Å². The van der Waals surface area contributed by atoms with Gasteiger partial charge in [-0.05, 0) is 0 Å². The summed E-state index contributed by atoms with van der Waals surface area (Å²) < 4.78 is 5.85. The molecule has 0 aromatic heterocycles. The maximum absolute atomic E-state index is 2.61. The fourth-order valence-corrected chi connectivity index (χ4v) is 25.1. The molecule has 0 saturated carbocycles. The van der Waals surface area contributed by atoms with E-state index in [2.05, 4.69) is 102 Å². The van der Waals surface area contributed by atoms with E-state index in [1.54, 1.807) is 29.1 Å². The third kappa shape index (κ3) is 3.99. The summed E-state index contributed by atoms with van der Waals surface area (Å²) in [5.41, 5.74) is 9.86. The quantitative estimate of drug-likeness (QED) is 0.318. The summed E-state index contributed by atoms with van der Waals surface area (Å²) in [6.07, 6.45) is 12.5. The average molecular weight is 532 g/mol. The van der Waals surface area contributed by atoms with Gasteiger partial charge in [0.2, 0.25) is 0 Å². The van der Waals surface area contributed by atoms with Crippen molar-refractivity contribution < 1.29 is 20.3 Å². The predicted molar refractivity (Wildman–Crippen MR) is 146 cm³/mol. The molecule has 0 spiro atoms. The number of hydrogen-bond donors (Lipinski definition) is 0. The molecule has 0 amide bonds. The van der Waals surface area contributed by atoms with E-state index >= 15 is 0 Å². The van der Waals surface area contributed by atoms with Crippen LogP contribution in [-0.2, 0) is 25.7 Å². The number of benzene rings is 2. The van der Waals surface area contributed by atoms with Crippen molar-refractivity contribution in [2.75, 3.05) is 0 Å². The maximum atomic E-state index is 2.61. The number of rotatable bonds is 8. The molecule has 1 heterocycles. The molecule has 4 atom stereocenters. The number of unbranched alkanes of at least 4 members (excludes halogenated alkanes) is 1. The van der Waals surface area contributed by atoms with Crippen molar-refractivity contribution >= 4 is 0 Å². The molecule has 2 aliphatic carbocycles. The van der Waals surface area contributed by atoms with Crippen molar-refractivity contribution in [3.05, 3.63) is 83.0 Å². The van der Waals surface area contributed by atoms with Gasteiger partial charge in [-0.25, -0.2) is 0 Å². The molecule has 0 N–H and O–H groups in total. The van der Waals surface area contributed by atoms with Gasteiger partial charge >= 0.3 is 214 Å². The Balaban J connectivity index is 1.68. The Hall–Kier alpha value is -1.20. The SMILES string of the molecule is CCC[CH2][Zr]1([CH2]C(CC)(C2=CC=CC2)C2c3ccccc3-c3cc(C(C)(C)C)ccc32)[CH2][CH]1C. The summed E-state index contributed by atoms with van der Waals surface area (Å²) in [5, 5.41) is 0. The van der Waals surface area contributed by atoms with Crippen LogP contribution in [0.25, 0.3) is 11.1 Å². The van der Waals surface area contributed by atoms with Crippen molar-refractivity contribution in [3.63, 3.8) is 0 Å². The molecule has 0 nitrogen and oxygen atoms in total. The first-order chi connectivity index (χ1) is 16.3. The zero-order chi connectivity index (χ0) is 24.1. The summed E-state index contributed by atoms with van der Waals surface area (Å²) >= 11 is -2.12. The first kappa shape index (κ1) is 24.5. The van der Waals surface area contributed by atoms with Crippen LogP contribution in [0.1, 0.15) is 89.8 Å². The van der Waals surface area contributed by atoms with Gasteiger partial charge in [0.25, 0.3) is 0 Å². The molecule has 0 radical (unpaired) electrons. The zero-order valence-corrected chi connectivity index (χ0v) is 24.8. The third-order valence-electron chi connectivity index (χ3n) is 9.68. The molecule has 34 heavy (non-hydrogen) atoms. The Morgan fingerprint density at radius 3 is 2.32 bits per heavy atom. The second-order valence-corrected chi connectivity index (χ2v) is 24.9. The second kappa shape index (κ2) is 9.03. The topological polar surface area (TPSA) is 0 Å². The normalized spacial score (nSPS) is 26.7. The van der Waals surface area contributed by atoms with Crippen LogP contribution >= 0.6 is 0 Å². The molecule has 2 aromatic rings. The van der Waals surface area contributed by atoms with Gasteiger partial charge in [0.1, 0.15) is 0 Å². The molecule has 0 bridgehead atoms. The molecule has 4 unspecified atom stereocenters. The number of hydrogen-bond acceptors (Lipinski definition) is 0. The molecule has 1 saturated heterocycles. The molecular formula is C33H44Zr. The summed E-state index contributed by atoms with van der Waals surface area (Å²) in [5.74, 6) is 0.506. The molecule has 1 fully saturated rings. The van der Waals surface area contributed by atoms with Crippen LogP contribution in [0.2, 0.25) is 16.0 Å². The van der Waals surface area contributed by atoms with Gasteiger partial charge in [-0.2, -0.15) is 0 Å². The van der Waals surface area contributed by atoms with E-state index in [9.17, 15) is 0 Å². The summed E-state index contributed by atoms with van der Waals surface area (Å²) in [6.45, 7) is 14.5. The second-order valence-electron chi connectivity index (χ2n) is 12.7. The van der Waals surface area contributed by atoms with Gasteiger partial charge in [0, 0.05) is 0 Å². The van der Waals surface area contributed by atoms with Crippen LogP contribution < -0.4 is 0 Å². The van der Waals surface area contributed by atoms with E-state index in [0.717, 1.165) is 10.0 Å². The molecule has 1 aliphatic heterocycles. The number of allylic oxidation sites excluding steroid dienone is 4. The van der Waals surface area contributed by atoms with E-state index in [0.29, 0.717) is 5.92 Å². The molecule has 3 aliphatic rings. The summed E-state index contributed by atoms with van der Waals surface area (Å²) in [4.78, 5) is 0. The molecular weight excluding hydrogens is 488 g/mol. The summed E-state index contributed by atoms with van der Waals surface area (Å²) in [7, 11) is 0. The summed E-state index contributed by atoms with van der Waals surface area (Å²) in [6, 6.07) is 16.9. The molecule has 5 rings (SSSR count). The number of fused-ring (bicyclic) bond motifs is 3. The van der Waals surface area contributed by atoms with Crippen molar-refractivity contribution in [1.29, 1.82) is 0 Å². The molecule has 1 heteroatoms. The predicted octanol–water partition coefficient (Wildman–Crippen LogP) is 10.4. The minimum atomic E-state index is -2.12. The minimum absolute atomic E-state index is 0.173. The van der Waals surface area contributed by atoms with E-state index in [1.165, 1.54) is 36.0 Å². The van der Waals surface area contributed by atoms with Crippen molar-refractivity contribution in [2.24, 2.45) is 5.41 Å². The average Bonchev–Trinajstić information content (AvgIpc) is 3.18. The van der Waals surface area contributed by atoms with E-state index in [-0.39, 0.29) is 10.8 Å². The van der Waals surface area contributed by atoms with Crippen LogP contribution in [0, 0.1) is 5.41 Å². The first-order valence-corrected chi connectivity index (χ1v) is 20.5. The Morgan fingerprint density at radius 2 is 1.71 bits per heavy atom. The van der Waals surface area contributed by atoms with Crippen LogP contribution in [0.4, 0.5) is 0 Å². The Morgan fingerprint density at radius 1 is 0.971 bits per heavy atom. The zero-order valence-electron chi connectivity index (χ0n) is 22.4. The van der Waals surface area contributed by atoms with Gasteiger partial charge in [0.15, 0.2) is 0 Å². The van der Waals surface area contributed by atoms with Gasteiger partial charge < -0.3 is 0 Å². The van der Waals surface area contributed by atoms with E-state index in [4.69, 9.17) is 0 Å². The Bertz CT molecular complexity index is 1130. The fourth-order valence-electron chi connectivity index (χ4n) is 7.43. The Kier molecular flexibility index (Phi) is 6.51. The van der Waals surface area contributed by atoms with Gasteiger partial charge in [0.05, 0.1) is 0 Å². The first-order valence-electron chi connectivity index (χ1n) is 13.9. The van der Waals surface area contributed by atoms with Gasteiger partial charge in [-0.3, -0.25) is 0 Å².